The van der Waals surface area contributed by atoms with Gasteiger partial charge in [-0.2, -0.15) is 9.78 Å². The predicted molar refractivity (Wildman–Crippen MR) is 92.3 cm³/mol. The molecule has 0 N–H and O–H groups in total. The maximum absolute atomic E-state index is 10.9. The Morgan fingerprint density at radius 2 is 1.62 bits per heavy atom. The van der Waals surface area contributed by atoms with E-state index in [0.29, 0.717) is 22.1 Å². The van der Waals surface area contributed by atoms with Gasteiger partial charge in [0, 0.05) is 40.3 Å². The second-order valence-corrected chi connectivity index (χ2v) is 6.26. The van der Waals surface area contributed by atoms with Crippen molar-refractivity contribution in [2.75, 3.05) is 0 Å². The minimum absolute atomic E-state index is 0.0240. The van der Waals surface area contributed by atoms with Crippen LogP contribution >= 0.6 is 11.8 Å². The standard InChI is InChI=1S/C15H8N6O4S/c22-20(23)11-3-1-9(2-4-11)14-17-18-15-19(14)16-8-10-7-12(21(24)25)5-6-13(10)26-15/h1-8H. The summed E-state index contributed by atoms with van der Waals surface area (Å²) in [6, 6.07) is 10.4. The molecule has 0 spiro atoms. The normalized spacial score (nSPS) is 12.2. The van der Waals surface area contributed by atoms with Gasteiger partial charge in [-0.3, -0.25) is 20.2 Å². The first-order valence-corrected chi connectivity index (χ1v) is 8.05. The summed E-state index contributed by atoms with van der Waals surface area (Å²) in [6.07, 6.45) is 1.50. The third-order valence-electron chi connectivity index (χ3n) is 3.67. The first kappa shape index (κ1) is 15.9. The van der Waals surface area contributed by atoms with Gasteiger partial charge in [-0.15, -0.1) is 10.2 Å². The van der Waals surface area contributed by atoms with Crippen LogP contribution in [-0.2, 0) is 0 Å². The molecular weight excluding hydrogens is 360 g/mol. The average molecular weight is 368 g/mol. The number of non-ortho nitro benzene ring substituents is 2. The van der Waals surface area contributed by atoms with Gasteiger partial charge in [-0.05, 0) is 30.0 Å². The third-order valence-corrected chi connectivity index (χ3v) is 4.69. The first-order chi connectivity index (χ1) is 12.5. The largest absolute Gasteiger partial charge is 0.270 e. The molecule has 0 atom stereocenters. The molecule has 2 heterocycles. The molecule has 2 aromatic carbocycles. The van der Waals surface area contributed by atoms with Crippen molar-refractivity contribution >= 4 is 29.4 Å². The molecule has 3 aromatic rings. The molecule has 0 radical (unpaired) electrons. The Morgan fingerprint density at radius 1 is 0.923 bits per heavy atom. The molecule has 128 valence electrons. The molecule has 0 unspecified atom stereocenters. The molecule has 0 saturated carbocycles. The third kappa shape index (κ3) is 2.69. The van der Waals surface area contributed by atoms with Crippen LogP contribution in [0.4, 0.5) is 11.4 Å². The van der Waals surface area contributed by atoms with Crippen molar-refractivity contribution in [2.45, 2.75) is 10.1 Å². The molecule has 26 heavy (non-hydrogen) atoms. The van der Waals surface area contributed by atoms with Crippen molar-refractivity contribution in [3.63, 3.8) is 0 Å². The number of aromatic nitrogens is 3. The summed E-state index contributed by atoms with van der Waals surface area (Å²) < 4.78 is 1.50. The van der Waals surface area contributed by atoms with Crippen LogP contribution in [0.15, 0.2) is 57.6 Å². The van der Waals surface area contributed by atoms with E-state index in [1.165, 1.54) is 46.9 Å². The Hall–Kier alpha value is -3.60. The van der Waals surface area contributed by atoms with Gasteiger partial charge in [0.25, 0.3) is 11.4 Å². The highest BCUT2D eigenvalue weighted by Crippen LogP contribution is 2.35. The molecule has 0 aliphatic carbocycles. The number of hydrogen-bond acceptors (Lipinski definition) is 8. The summed E-state index contributed by atoms with van der Waals surface area (Å²) in [6.45, 7) is 0. The highest BCUT2D eigenvalue weighted by Gasteiger charge is 2.20. The summed E-state index contributed by atoms with van der Waals surface area (Å²) in [7, 11) is 0. The van der Waals surface area contributed by atoms with Gasteiger partial charge in [-0.1, -0.05) is 0 Å². The second-order valence-electron chi connectivity index (χ2n) is 5.25. The van der Waals surface area contributed by atoms with Crippen LogP contribution in [0, 0.1) is 20.2 Å². The zero-order chi connectivity index (χ0) is 18.3. The number of nitro groups is 2. The molecule has 10 nitrogen and oxygen atoms in total. The van der Waals surface area contributed by atoms with E-state index in [1.54, 1.807) is 18.2 Å². The highest BCUT2D eigenvalue weighted by atomic mass is 32.2. The van der Waals surface area contributed by atoms with E-state index in [1.807, 2.05) is 0 Å². The molecule has 0 saturated heterocycles. The molecule has 1 aromatic heterocycles. The van der Waals surface area contributed by atoms with E-state index >= 15 is 0 Å². The molecule has 1 aliphatic rings. The Morgan fingerprint density at radius 3 is 2.31 bits per heavy atom. The molecule has 11 heteroatoms. The lowest BCUT2D eigenvalue weighted by atomic mass is 10.2. The van der Waals surface area contributed by atoms with Gasteiger partial charge in [0.05, 0.1) is 16.1 Å². The van der Waals surface area contributed by atoms with Crippen LogP contribution < -0.4 is 0 Å². The Balaban J connectivity index is 1.75. The van der Waals surface area contributed by atoms with E-state index in [9.17, 15) is 20.2 Å². The van der Waals surface area contributed by atoms with E-state index in [0.717, 1.165) is 4.90 Å². The van der Waals surface area contributed by atoms with E-state index in [-0.39, 0.29) is 11.4 Å². The van der Waals surface area contributed by atoms with Crippen LogP contribution in [0.25, 0.3) is 11.4 Å². The monoisotopic (exact) mass is 368 g/mol. The lowest BCUT2D eigenvalue weighted by molar-refractivity contribution is -0.385. The summed E-state index contributed by atoms with van der Waals surface area (Å²) in [5, 5.41) is 34.7. The zero-order valence-corrected chi connectivity index (χ0v) is 13.7. The van der Waals surface area contributed by atoms with E-state index in [2.05, 4.69) is 15.3 Å². The number of nitro benzene ring substituents is 2. The van der Waals surface area contributed by atoms with Gasteiger partial charge >= 0.3 is 0 Å². The molecular formula is C15H8N6O4S. The van der Waals surface area contributed by atoms with Gasteiger partial charge in [-0.25, -0.2) is 0 Å². The maximum atomic E-state index is 10.9. The Kier molecular flexibility index (Phi) is 3.69. The van der Waals surface area contributed by atoms with Crippen LogP contribution in [0.3, 0.4) is 0 Å². The smallest absolute Gasteiger partial charge is 0.258 e. The Labute approximate surface area is 149 Å². The minimum atomic E-state index is -0.481. The predicted octanol–water partition coefficient (Wildman–Crippen LogP) is 3.11. The van der Waals surface area contributed by atoms with Crippen molar-refractivity contribution in [1.29, 1.82) is 0 Å². The van der Waals surface area contributed by atoms with Crippen LogP contribution in [0.5, 0.6) is 0 Å². The van der Waals surface area contributed by atoms with Gasteiger partial charge in [0.15, 0.2) is 5.82 Å². The summed E-state index contributed by atoms with van der Waals surface area (Å²) >= 11 is 1.28. The van der Waals surface area contributed by atoms with E-state index in [4.69, 9.17) is 0 Å². The fourth-order valence-electron chi connectivity index (χ4n) is 2.41. The van der Waals surface area contributed by atoms with Crippen LogP contribution in [-0.4, -0.2) is 30.9 Å². The second kappa shape index (κ2) is 6.04. The molecule has 1 aliphatic heterocycles. The fraction of sp³-hybridized carbons (Fsp3) is 0. The Bertz CT molecular complexity index is 1080. The van der Waals surface area contributed by atoms with Gasteiger partial charge in [0.2, 0.25) is 5.16 Å². The van der Waals surface area contributed by atoms with Gasteiger partial charge < -0.3 is 0 Å². The molecule has 0 amide bonds. The van der Waals surface area contributed by atoms with Crippen molar-refractivity contribution in [1.82, 2.24) is 14.9 Å². The summed E-state index contributed by atoms with van der Waals surface area (Å²) in [5.74, 6) is 0.418. The summed E-state index contributed by atoms with van der Waals surface area (Å²) in [5.41, 5.74) is 1.17. The van der Waals surface area contributed by atoms with Crippen LogP contribution in [0.2, 0.25) is 0 Å². The first-order valence-electron chi connectivity index (χ1n) is 7.24. The molecule has 4 rings (SSSR count). The number of rotatable bonds is 3. The average Bonchev–Trinajstić information content (AvgIpc) is 2.94. The number of fused-ring (bicyclic) bond motifs is 2. The SMILES string of the molecule is O=[N+]([O-])c1ccc(-c2nnc3n2N=Cc2cc([N+](=O)[O-])ccc2S3)cc1. The van der Waals surface area contributed by atoms with Crippen molar-refractivity contribution in [2.24, 2.45) is 5.10 Å². The molecule has 0 bridgehead atoms. The number of hydrogen-bond donors (Lipinski definition) is 0. The van der Waals surface area contributed by atoms with Crippen molar-refractivity contribution in [3.05, 3.63) is 68.3 Å². The summed E-state index contributed by atoms with van der Waals surface area (Å²) in [4.78, 5) is 21.5. The number of nitrogens with zero attached hydrogens (tertiary/aromatic N) is 6. The topological polar surface area (TPSA) is 129 Å². The molecule has 0 fully saturated rings. The minimum Gasteiger partial charge on any atom is -0.258 e. The quantitative estimate of drug-likeness (QED) is 0.401. The zero-order valence-electron chi connectivity index (χ0n) is 12.8. The fourth-order valence-corrected chi connectivity index (χ4v) is 3.27. The van der Waals surface area contributed by atoms with Crippen molar-refractivity contribution < 1.29 is 9.85 Å². The highest BCUT2D eigenvalue weighted by molar-refractivity contribution is 7.99. The van der Waals surface area contributed by atoms with Crippen LogP contribution in [0.1, 0.15) is 5.56 Å². The van der Waals surface area contributed by atoms with E-state index < -0.39 is 9.85 Å². The van der Waals surface area contributed by atoms with Crippen molar-refractivity contribution in [3.8, 4) is 11.4 Å². The maximum Gasteiger partial charge on any atom is 0.270 e. The van der Waals surface area contributed by atoms with Gasteiger partial charge in [0.1, 0.15) is 0 Å². The lowest BCUT2D eigenvalue weighted by Crippen LogP contribution is -1.95. The lowest BCUT2D eigenvalue weighted by Gasteiger charge is -2.02. The number of benzene rings is 2.